The van der Waals surface area contributed by atoms with Gasteiger partial charge in [-0.05, 0) is 44.6 Å². The third-order valence-electron chi connectivity index (χ3n) is 2.50. The van der Waals surface area contributed by atoms with Crippen LogP contribution in [0.4, 0.5) is 0 Å². The van der Waals surface area contributed by atoms with Crippen molar-refractivity contribution in [3.05, 3.63) is 30.5 Å². The van der Waals surface area contributed by atoms with Crippen LogP contribution < -0.4 is 0 Å². The van der Waals surface area contributed by atoms with Crippen molar-refractivity contribution >= 4 is 0 Å². The average molecular weight is 206 g/mol. The van der Waals surface area contributed by atoms with E-state index in [9.17, 15) is 0 Å². The van der Waals surface area contributed by atoms with Gasteiger partial charge in [0.1, 0.15) is 0 Å². The lowest BCUT2D eigenvalue weighted by atomic mass is 10.1. The SMILES string of the molecule is C=C=CCCCCCC=CCCCCC. The molecule has 0 fully saturated rings. The fourth-order valence-corrected chi connectivity index (χ4v) is 1.54. The van der Waals surface area contributed by atoms with E-state index in [1.165, 1.54) is 51.4 Å². The molecule has 0 aromatic carbocycles. The zero-order valence-corrected chi connectivity index (χ0v) is 10.3. The molecule has 0 amide bonds. The molecule has 0 bridgehead atoms. The molecule has 0 aromatic heterocycles. The number of rotatable bonds is 10. The van der Waals surface area contributed by atoms with Gasteiger partial charge in [0.15, 0.2) is 0 Å². The van der Waals surface area contributed by atoms with E-state index in [0.717, 1.165) is 6.42 Å². The lowest BCUT2D eigenvalue weighted by molar-refractivity contribution is 0.692. The summed E-state index contributed by atoms with van der Waals surface area (Å²) < 4.78 is 0. The molecule has 0 radical (unpaired) electrons. The topological polar surface area (TPSA) is 0 Å². The van der Waals surface area contributed by atoms with Crippen LogP contribution in [0.5, 0.6) is 0 Å². The first kappa shape index (κ1) is 14.3. The van der Waals surface area contributed by atoms with Gasteiger partial charge < -0.3 is 0 Å². The maximum Gasteiger partial charge on any atom is -0.0275 e. The van der Waals surface area contributed by atoms with Gasteiger partial charge >= 0.3 is 0 Å². The van der Waals surface area contributed by atoms with Crippen LogP contribution in [0.3, 0.4) is 0 Å². The second kappa shape index (κ2) is 13.3. The second-order valence-corrected chi connectivity index (χ2v) is 4.01. The first-order chi connectivity index (χ1) is 7.41. The van der Waals surface area contributed by atoms with Crippen LogP contribution in [0, 0.1) is 0 Å². The normalized spacial score (nSPS) is 10.5. The van der Waals surface area contributed by atoms with Gasteiger partial charge in [0.25, 0.3) is 0 Å². The van der Waals surface area contributed by atoms with E-state index in [0.29, 0.717) is 0 Å². The lowest BCUT2D eigenvalue weighted by Crippen LogP contribution is -1.75. The van der Waals surface area contributed by atoms with Gasteiger partial charge in [0.05, 0.1) is 0 Å². The molecule has 0 rings (SSSR count). The van der Waals surface area contributed by atoms with E-state index in [2.05, 4.69) is 31.4 Å². The van der Waals surface area contributed by atoms with Crippen LogP contribution in [-0.4, -0.2) is 0 Å². The fraction of sp³-hybridized carbons (Fsp3) is 0.667. The summed E-state index contributed by atoms with van der Waals surface area (Å²) in [5, 5.41) is 0. The summed E-state index contributed by atoms with van der Waals surface area (Å²) in [7, 11) is 0. The first-order valence-corrected chi connectivity index (χ1v) is 6.41. The van der Waals surface area contributed by atoms with Crippen molar-refractivity contribution in [2.45, 2.75) is 64.7 Å². The van der Waals surface area contributed by atoms with Crippen LogP contribution in [0.1, 0.15) is 64.7 Å². The van der Waals surface area contributed by atoms with Gasteiger partial charge in [-0.2, -0.15) is 0 Å². The molecule has 0 aliphatic rings. The van der Waals surface area contributed by atoms with Gasteiger partial charge in [0, 0.05) is 0 Å². The Bertz CT molecular complexity index is 182. The minimum atomic E-state index is 1.14. The zero-order valence-electron chi connectivity index (χ0n) is 10.3. The molecule has 0 N–H and O–H groups in total. The average Bonchev–Trinajstić information content (AvgIpc) is 2.26. The van der Waals surface area contributed by atoms with Crippen molar-refractivity contribution in [2.24, 2.45) is 0 Å². The van der Waals surface area contributed by atoms with Crippen molar-refractivity contribution < 1.29 is 0 Å². The maximum absolute atomic E-state index is 3.55. The number of allylic oxidation sites excluding steroid dienone is 3. The summed E-state index contributed by atoms with van der Waals surface area (Å²) >= 11 is 0. The van der Waals surface area contributed by atoms with E-state index < -0.39 is 0 Å². The molecule has 0 aliphatic carbocycles. The van der Waals surface area contributed by atoms with E-state index >= 15 is 0 Å². The van der Waals surface area contributed by atoms with Crippen molar-refractivity contribution in [1.29, 1.82) is 0 Å². The first-order valence-electron chi connectivity index (χ1n) is 6.41. The highest BCUT2D eigenvalue weighted by Gasteiger charge is 1.85. The Labute approximate surface area is 95.8 Å². The highest BCUT2D eigenvalue weighted by Crippen LogP contribution is 2.05. The summed E-state index contributed by atoms with van der Waals surface area (Å²) in [6, 6.07) is 0. The molecule has 0 aliphatic heterocycles. The number of hydrogen-bond donors (Lipinski definition) is 0. The third-order valence-corrected chi connectivity index (χ3v) is 2.50. The highest BCUT2D eigenvalue weighted by molar-refractivity contribution is 4.81. The molecule has 0 aromatic rings. The van der Waals surface area contributed by atoms with Crippen molar-refractivity contribution in [3.8, 4) is 0 Å². The Morgan fingerprint density at radius 2 is 1.47 bits per heavy atom. The number of hydrogen-bond acceptors (Lipinski definition) is 0. The standard InChI is InChI=1S/C15H26/c1-3-5-7-9-11-13-15-14-12-10-8-6-4-2/h5,12,14H,1,4,6-11,13,15H2,2H3. The smallest absolute Gasteiger partial charge is 0.0275 e. The molecule has 0 heteroatoms. The molecular formula is C15H26. The molecule has 0 nitrogen and oxygen atoms in total. The summed E-state index contributed by atoms with van der Waals surface area (Å²) in [4.78, 5) is 0. The molecule has 0 atom stereocenters. The predicted molar refractivity (Wildman–Crippen MR) is 70.1 cm³/mol. The second-order valence-electron chi connectivity index (χ2n) is 4.01. The highest BCUT2D eigenvalue weighted by atomic mass is 13.9. The molecule has 0 saturated heterocycles. The van der Waals surface area contributed by atoms with Crippen LogP contribution in [0.2, 0.25) is 0 Å². The summed E-state index contributed by atoms with van der Waals surface area (Å²) in [5.41, 5.74) is 2.81. The van der Waals surface area contributed by atoms with Crippen molar-refractivity contribution in [3.63, 3.8) is 0 Å². The van der Waals surface area contributed by atoms with E-state index in [1.807, 2.05) is 6.08 Å². The third kappa shape index (κ3) is 13.3. The van der Waals surface area contributed by atoms with E-state index in [-0.39, 0.29) is 0 Å². The molecular weight excluding hydrogens is 180 g/mol. The van der Waals surface area contributed by atoms with Crippen molar-refractivity contribution in [1.82, 2.24) is 0 Å². The molecule has 0 saturated carbocycles. The summed E-state index contributed by atoms with van der Waals surface area (Å²) in [6.07, 6.45) is 18.4. The maximum atomic E-state index is 3.55. The summed E-state index contributed by atoms with van der Waals surface area (Å²) in [6.45, 7) is 5.80. The lowest BCUT2D eigenvalue weighted by Gasteiger charge is -1.95. The Kier molecular flexibility index (Phi) is 12.6. The van der Waals surface area contributed by atoms with Gasteiger partial charge in [0.2, 0.25) is 0 Å². The number of unbranched alkanes of at least 4 members (excludes halogenated alkanes) is 7. The fourth-order valence-electron chi connectivity index (χ4n) is 1.54. The quantitative estimate of drug-likeness (QED) is 0.254. The van der Waals surface area contributed by atoms with Crippen LogP contribution >= 0.6 is 0 Å². The Morgan fingerprint density at radius 1 is 0.867 bits per heavy atom. The van der Waals surface area contributed by atoms with Gasteiger partial charge in [-0.25, -0.2) is 0 Å². The molecule has 0 spiro atoms. The predicted octanol–water partition coefficient (Wildman–Crippen LogP) is 5.41. The Morgan fingerprint density at radius 3 is 2.07 bits per heavy atom. The molecule has 0 unspecified atom stereocenters. The molecule has 86 valence electrons. The largest absolute Gasteiger partial charge is 0.133 e. The zero-order chi connectivity index (χ0) is 11.2. The molecule has 0 heterocycles. The van der Waals surface area contributed by atoms with Gasteiger partial charge in [-0.3, -0.25) is 0 Å². The van der Waals surface area contributed by atoms with Crippen LogP contribution in [-0.2, 0) is 0 Å². The Hall–Kier alpha value is -0.740. The monoisotopic (exact) mass is 206 g/mol. The van der Waals surface area contributed by atoms with E-state index in [1.54, 1.807) is 0 Å². The van der Waals surface area contributed by atoms with E-state index in [4.69, 9.17) is 0 Å². The van der Waals surface area contributed by atoms with Crippen molar-refractivity contribution in [2.75, 3.05) is 0 Å². The minimum Gasteiger partial charge on any atom is -0.133 e. The minimum absolute atomic E-state index is 1.14. The molecule has 15 heavy (non-hydrogen) atoms. The summed E-state index contributed by atoms with van der Waals surface area (Å²) in [5.74, 6) is 0. The van der Waals surface area contributed by atoms with Crippen LogP contribution in [0.15, 0.2) is 30.5 Å². The Balaban J connectivity index is 3.05. The van der Waals surface area contributed by atoms with Gasteiger partial charge in [-0.1, -0.05) is 44.9 Å². The van der Waals surface area contributed by atoms with Gasteiger partial charge in [-0.15, -0.1) is 5.73 Å². The van der Waals surface area contributed by atoms with Crippen LogP contribution in [0.25, 0.3) is 0 Å².